The normalized spacial score (nSPS) is 12.8. The standard InChI is InChI=1S/C26H28F2O4Si/c1-5-31-25(30)24(29)22-20(27)16-17-21(23(22)28)32-33(26(2,3)4,18-12-8-6-9-13-18)19-14-10-7-11-15-19/h6-17,24,29H,5H2,1-4H3. The van der Waals surface area contributed by atoms with Crippen LogP contribution in [-0.2, 0) is 9.53 Å². The Hall–Kier alpha value is -3.03. The maximum absolute atomic E-state index is 15.6. The van der Waals surface area contributed by atoms with Crippen molar-refractivity contribution < 1.29 is 27.8 Å². The van der Waals surface area contributed by atoms with Crippen LogP contribution in [0.5, 0.6) is 5.75 Å². The zero-order chi connectivity index (χ0) is 24.2. The van der Waals surface area contributed by atoms with Crippen molar-refractivity contribution in [3.63, 3.8) is 0 Å². The molecule has 0 fully saturated rings. The number of benzene rings is 3. The van der Waals surface area contributed by atoms with Crippen LogP contribution in [-0.4, -0.2) is 26.0 Å². The van der Waals surface area contributed by atoms with Gasteiger partial charge in [-0.15, -0.1) is 0 Å². The molecule has 0 bridgehead atoms. The number of hydrogen-bond donors (Lipinski definition) is 1. The molecule has 0 saturated carbocycles. The topological polar surface area (TPSA) is 55.8 Å². The fraction of sp³-hybridized carbons (Fsp3) is 0.269. The quantitative estimate of drug-likeness (QED) is 0.408. The van der Waals surface area contributed by atoms with E-state index in [1.807, 2.05) is 81.4 Å². The third kappa shape index (κ3) is 4.70. The number of hydrogen-bond acceptors (Lipinski definition) is 4. The largest absolute Gasteiger partial charge is 0.532 e. The van der Waals surface area contributed by atoms with Gasteiger partial charge in [-0.2, -0.15) is 0 Å². The molecule has 0 heterocycles. The maximum Gasteiger partial charge on any atom is 0.339 e. The number of esters is 1. The number of aliphatic hydroxyl groups excluding tert-OH is 1. The molecule has 0 aliphatic heterocycles. The molecule has 0 amide bonds. The van der Waals surface area contributed by atoms with E-state index in [9.17, 15) is 14.3 Å². The first-order valence-corrected chi connectivity index (χ1v) is 12.7. The summed E-state index contributed by atoms with van der Waals surface area (Å²) in [6.45, 7) is 7.58. The summed E-state index contributed by atoms with van der Waals surface area (Å²) in [6, 6.07) is 21.3. The number of carbonyl (C=O) groups excluding carboxylic acids is 1. The predicted molar refractivity (Wildman–Crippen MR) is 126 cm³/mol. The van der Waals surface area contributed by atoms with E-state index in [1.54, 1.807) is 6.92 Å². The lowest BCUT2D eigenvalue weighted by molar-refractivity contribution is -0.153. The van der Waals surface area contributed by atoms with Gasteiger partial charge in [0.15, 0.2) is 11.9 Å². The predicted octanol–water partition coefficient (Wildman–Crippen LogP) is 4.50. The summed E-state index contributed by atoms with van der Waals surface area (Å²) in [5.74, 6) is -3.53. The van der Waals surface area contributed by atoms with Gasteiger partial charge in [0, 0.05) is 0 Å². The van der Waals surface area contributed by atoms with Gasteiger partial charge in [-0.05, 0) is 34.5 Å². The second-order valence-corrected chi connectivity index (χ2v) is 12.9. The van der Waals surface area contributed by atoms with Crippen LogP contribution in [0.1, 0.15) is 39.4 Å². The fourth-order valence-corrected chi connectivity index (χ4v) is 8.45. The van der Waals surface area contributed by atoms with Gasteiger partial charge in [0.2, 0.25) is 0 Å². The van der Waals surface area contributed by atoms with Gasteiger partial charge in [0.25, 0.3) is 0 Å². The third-order valence-electron chi connectivity index (χ3n) is 5.55. The molecule has 0 radical (unpaired) electrons. The average Bonchev–Trinajstić information content (AvgIpc) is 2.79. The molecule has 0 aliphatic rings. The number of rotatable bonds is 7. The smallest absolute Gasteiger partial charge is 0.339 e. The molecule has 3 aromatic carbocycles. The van der Waals surface area contributed by atoms with E-state index in [2.05, 4.69) is 0 Å². The van der Waals surface area contributed by atoms with Crippen LogP contribution >= 0.6 is 0 Å². The van der Waals surface area contributed by atoms with E-state index in [0.717, 1.165) is 16.4 Å². The molecule has 174 valence electrons. The van der Waals surface area contributed by atoms with Gasteiger partial charge < -0.3 is 14.3 Å². The van der Waals surface area contributed by atoms with Crippen LogP contribution in [0, 0.1) is 11.6 Å². The van der Waals surface area contributed by atoms with Crippen LogP contribution in [0.2, 0.25) is 5.04 Å². The number of halogens is 2. The summed E-state index contributed by atoms with van der Waals surface area (Å²) >= 11 is 0. The number of ether oxygens (including phenoxy) is 1. The molecule has 3 aromatic rings. The van der Waals surface area contributed by atoms with Gasteiger partial charge in [-0.1, -0.05) is 81.4 Å². The Labute approximate surface area is 193 Å². The Balaban J connectivity index is 2.23. The number of carbonyl (C=O) groups is 1. The van der Waals surface area contributed by atoms with Gasteiger partial charge in [0.1, 0.15) is 11.6 Å². The third-order valence-corrected chi connectivity index (χ3v) is 10.5. The summed E-state index contributed by atoms with van der Waals surface area (Å²) in [4.78, 5) is 12.0. The molecule has 0 aromatic heterocycles. The summed E-state index contributed by atoms with van der Waals surface area (Å²) in [5, 5.41) is 11.6. The Kier molecular flexibility index (Phi) is 7.34. The highest BCUT2D eigenvalue weighted by molar-refractivity contribution is 7.00. The molecule has 4 nitrogen and oxygen atoms in total. The summed E-state index contributed by atoms with van der Waals surface area (Å²) in [6.07, 6.45) is -2.10. The summed E-state index contributed by atoms with van der Waals surface area (Å²) in [5.41, 5.74) is -0.788. The summed E-state index contributed by atoms with van der Waals surface area (Å²) < 4.78 is 41.5. The average molecular weight is 471 g/mol. The van der Waals surface area contributed by atoms with Crippen molar-refractivity contribution in [2.24, 2.45) is 0 Å². The first-order valence-electron chi connectivity index (χ1n) is 10.8. The van der Waals surface area contributed by atoms with E-state index >= 15 is 4.39 Å². The minimum Gasteiger partial charge on any atom is -0.532 e. The minimum absolute atomic E-state index is 0.0304. The van der Waals surface area contributed by atoms with Crippen molar-refractivity contribution in [2.45, 2.75) is 38.8 Å². The highest BCUT2D eigenvalue weighted by Crippen LogP contribution is 2.39. The lowest BCUT2D eigenvalue weighted by atomic mass is 10.1. The monoisotopic (exact) mass is 470 g/mol. The molecular weight excluding hydrogens is 442 g/mol. The SMILES string of the molecule is CCOC(=O)C(O)c1c(F)ccc(O[Si](c2ccccc2)(c2ccccc2)C(C)(C)C)c1F. The Morgan fingerprint density at radius 3 is 1.91 bits per heavy atom. The van der Waals surface area contributed by atoms with Crippen molar-refractivity contribution in [1.82, 2.24) is 0 Å². The van der Waals surface area contributed by atoms with Crippen molar-refractivity contribution in [3.8, 4) is 5.75 Å². The molecule has 7 heteroatoms. The molecule has 3 rings (SSSR count). The Morgan fingerprint density at radius 1 is 0.939 bits per heavy atom. The molecular formula is C26H28F2O4Si. The van der Waals surface area contributed by atoms with E-state index in [4.69, 9.17) is 9.16 Å². The van der Waals surface area contributed by atoms with Crippen LogP contribution in [0.25, 0.3) is 0 Å². The van der Waals surface area contributed by atoms with Crippen LogP contribution in [0.4, 0.5) is 8.78 Å². The van der Waals surface area contributed by atoms with Crippen LogP contribution in [0.15, 0.2) is 72.8 Å². The molecule has 0 spiro atoms. The molecule has 1 N–H and O–H groups in total. The fourth-order valence-electron chi connectivity index (χ4n) is 4.03. The van der Waals surface area contributed by atoms with Gasteiger partial charge in [0.05, 0.1) is 12.2 Å². The molecule has 0 saturated heterocycles. The Bertz CT molecular complexity index is 1060. The van der Waals surface area contributed by atoms with Crippen LogP contribution in [0.3, 0.4) is 0 Å². The zero-order valence-corrected chi connectivity index (χ0v) is 20.1. The van der Waals surface area contributed by atoms with E-state index in [-0.39, 0.29) is 12.4 Å². The van der Waals surface area contributed by atoms with Gasteiger partial charge in [-0.3, -0.25) is 0 Å². The lowest BCUT2D eigenvalue weighted by Crippen LogP contribution is -2.69. The van der Waals surface area contributed by atoms with Crippen molar-refractivity contribution in [1.29, 1.82) is 0 Å². The Morgan fingerprint density at radius 2 is 1.45 bits per heavy atom. The van der Waals surface area contributed by atoms with Crippen molar-refractivity contribution in [2.75, 3.05) is 6.61 Å². The van der Waals surface area contributed by atoms with E-state index in [1.165, 1.54) is 6.07 Å². The van der Waals surface area contributed by atoms with Gasteiger partial charge in [-0.25, -0.2) is 13.6 Å². The highest BCUT2D eigenvalue weighted by atomic mass is 28.4. The number of aliphatic hydroxyl groups is 1. The lowest BCUT2D eigenvalue weighted by Gasteiger charge is -2.43. The molecule has 0 aliphatic carbocycles. The highest BCUT2D eigenvalue weighted by Gasteiger charge is 2.52. The first kappa shape index (κ1) is 24.6. The second kappa shape index (κ2) is 9.85. The molecule has 1 atom stereocenters. The van der Waals surface area contributed by atoms with E-state index in [0.29, 0.717) is 0 Å². The van der Waals surface area contributed by atoms with Gasteiger partial charge >= 0.3 is 14.3 Å². The molecule has 1 unspecified atom stereocenters. The van der Waals surface area contributed by atoms with Crippen molar-refractivity contribution in [3.05, 3.63) is 90.0 Å². The van der Waals surface area contributed by atoms with E-state index < -0.39 is 42.6 Å². The second-order valence-electron chi connectivity index (χ2n) is 8.69. The zero-order valence-electron chi connectivity index (χ0n) is 19.1. The minimum atomic E-state index is -3.20. The summed E-state index contributed by atoms with van der Waals surface area (Å²) in [7, 11) is -3.20. The first-order chi connectivity index (χ1) is 15.6. The van der Waals surface area contributed by atoms with Crippen LogP contribution < -0.4 is 14.8 Å². The van der Waals surface area contributed by atoms with Crippen molar-refractivity contribution >= 4 is 24.7 Å². The molecule has 33 heavy (non-hydrogen) atoms. The maximum atomic E-state index is 15.6.